The zero-order valence-corrected chi connectivity index (χ0v) is 12.9. The SMILES string of the molecule is COc1cc(Cl)ccc1S(=O)(=O)NC1CCCC1CN. The van der Waals surface area contributed by atoms with E-state index in [0.717, 1.165) is 19.3 Å². The summed E-state index contributed by atoms with van der Waals surface area (Å²) in [7, 11) is -2.22. The van der Waals surface area contributed by atoms with Crippen LogP contribution < -0.4 is 15.2 Å². The molecule has 0 radical (unpaired) electrons. The van der Waals surface area contributed by atoms with E-state index in [4.69, 9.17) is 22.1 Å². The van der Waals surface area contributed by atoms with Crippen molar-refractivity contribution < 1.29 is 13.2 Å². The van der Waals surface area contributed by atoms with Crippen molar-refractivity contribution in [3.63, 3.8) is 0 Å². The van der Waals surface area contributed by atoms with Crippen LogP contribution in [0.2, 0.25) is 5.02 Å². The summed E-state index contributed by atoms with van der Waals surface area (Å²) in [5.41, 5.74) is 5.68. The van der Waals surface area contributed by atoms with Gasteiger partial charge in [0.2, 0.25) is 10.0 Å². The molecule has 0 amide bonds. The fraction of sp³-hybridized carbons (Fsp3) is 0.538. The number of benzene rings is 1. The van der Waals surface area contributed by atoms with Gasteiger partial charge in [-0.3, -0.25) is 0 Å². The van der Waals surface area contributed by atoms with Crippen molar-refractivity contribution >= 4 is 21.6 Å². The third-order valence-electron chi connectivity index (χ3n) is 3.68. The summed E-state index contributed by atoms with van der Waals surface area (Å²) in [6.07, 6.45) is 2.77. The summed E-state index contributed by atoms with van der Waals surface area (Å²) in [6, 6.07) is 4.37. The van der Waals surface area contributed by atoms with E-state index in [1.807, 2.05) is 0 Å². The Morgan fingerprint density at radius 2 is 2.20 bits per heavy atom. The van der Waals surface area contributed by atoms with Gasteiger partial charge in [0.1, 0.15) is 10.6 Å². The van der Waals surface area contributed by atoms with Crippen molar-refractivity contribution in [2.45, 2.75) is 30.2 Å². The van der Waals surface area contributed by atoms with Crippen molar-refractivity contribution in [2.24, 2.45) is 11.7 Å². The van der Waals surface area contributed by atoms with Crippen LogP contribution in [0.3, 0.4) is 0 Å². The highest BCUT2D eigenvalue weighted by Gasteiger charge is 2.31. The van der Waals surface area contributed by atoms with Gasteiger partial charge in [0, 0.05) is 17.1 Å². The number of nitrogens with two attached hydrogens (primary N) is 1. The third kappa shape index (κ3) is 3.25. The Bertz CT molecular complexity index is 577. The molecule has 0 saturated heterocycles. The Kier molecular flexibility index (Phi) is 4.90. The largest absolute Gasteiger partial charge is 0.495 e. The molecule has 1 aromatic carbocycles. The number of ether oxygens (including phenoxy) is 1. The second-order valence-corrected chi connectivity index (χ2v) is 7.07. The molecular formula is C13H19ClN2O3S. The van der Waals surface area contributed by atoms with Gasteiger partial charge in [-0.15, -0.1) is 0 Å². The normalized spacial score (nSPS) is 22.9. The van der Waals surface area contributed by atoms with E-state index in [1.54, 1.807) is 0 Å². The van der Waals surface area contributed by atoms with Crippen LogP contribution in [0.5, 0.6) is 5.75 Å². The lowest BCUT2D eigenvalue weighted by molar-refractivity contribution is 0.400. The molecule has 1 fully saturated rings. The highest BCUT2D eigenvalue weighted by Crippen LogP contribution is 2.30. The van der Waals surface area contributed by atoms with Gasteiger partial charge < -0.3 is 10.5 Å². The number of halogens is 1. The average Bonchev–Trinajstić information content (AvgIpc) is 2.84. The Labute approximate surface area is 124 Å². The number of rotatable bonds is 5. The van der Waals surface area contributed by atoms with Gasteiger partial charge in [0.25, 0.3) is 0 Å². The Morgan fingerprint density at radius 1 is 1.45 bits per heavy atom. The highest BCUT2D eigenvalue weighted by atomic mass is 35.5. The maximum Gasteiger partial charge on any atom is 0.244 e. The summed E-state index contributed by atoms with van der Waals surface area (Å²) in [5, 5.41) is 0.432. The first-order valence-corrected chi connectivity index (χ1v) is 8.40. The van der Waals surface area contributed by atoms with Crippen LogP contribution in [0, 0.1) is 5.92 Å². The summed E-state index contributed by atoms with van der Waals surface area (Å²) >= 11 is 5.85. The maximum absolute atomic E-state index is 12.5. The molecule has 112 valence electrons. The summed E-state index contributed by atoms with van der Waals surface area (Å²) in [6.45, 7) is 0.491. The number of sulfonamides is 1. The first-order chi connectivity index (χ1) is 9.47. The molecule has 1 aliphatic carbocycles. The fourth-order valence-corrected chi connectivity index (χ4v) is 4.25. The smallest absolute Gasteiger partial charge is 0.244 e. The van der Waals surface area contributed by atoms with Gasteiger partial charge >= 0.3 is 0 Å². The van der Waals surface area contributed by atoms with Gasteiger partial charge in [0.05, 0.1) is 7.11 Å². The van der Waals surface area contributed by atoms with Crippen LogP contribution >= 0.6 is 11.6 Å². The molecule has 1 saturated carbocycles. The van der Waals surface area contributed by atoms with E-state index in [-0.39, 0.29) is 22.6 Å². The molecule has 20 heavy (non-hydrogen) atoms. The fourth-order valence-electron chi connectivity index (χ4n) is 2.60. The van der Waals surface area contributed by atoms with Crippen molar-refractivity contribution in [3.8, 4) is 5.75 Å². The van der Waals surface area contributed by atoms with Gasteiger partial charge in [-0.1, -0.05) is 18.0 Å². The lowest BCUT2D eigenvalue weighted by atomic mass is 10.1. The van der Waals surface area contributed by atoms with Gasteiger partial charge in [-0.2, -0.15) is 0 Å². The zero-order chi connectivity index (χ0) is 14.8. The molecule has 0 aliphatic heterocycles. The van der Waals surface area contributed by atoms with E-state index < -0.39 is 10.0 Å². The van der Waals surface area contributed by atoms with E-state index in [2.05, 4.69) is 4.72 Å². The molecule has 1 aliphatic rings. The van der Waals surface area contributed by atoms with E-state index in [9.17, 15) is 8.42 Å². The van der Waals surface area contributed by atoms with Gasteiger partial charge in [-0.25, -0.2) is 13.1 Å². The summed E-state index contributed by atoms with van der Waals surface area (Å²) < 4.78 is 32.8. The Hall–Kier alpha value is -0.820. The van der Waals surface area contributed by atoms with Crippen LogP contribution in [-0.4, -0.2) is 28.1 Å². The van der Waals surface area contributed by atoms with Gasteiger partial charge in [-0.05, 0) is 37.4 Å². The lowest BCUT2D eigenvalue weighted by Gasteiger charge is -2.20. The predicted molar refractivity (Wildman–Crippen MR) is 78.5 cm³/mol. The van der Waals surface area contributed by atoms with Gasteiger partial charge in [0.15, 0.2) is 0 Å². The van der Waals surface area contributed by atoms with Crippen LogP contribution in [-0.2, 0) is 10.0 Å². The Balaban J connectivity index is 2.26. The molecule has 7 heteroatoms. The maximum atomic E-state index is 12.5. The Morgan fingerprint density at radius 3 is 2.85 bits per heavy atom. The first kappa shape index (κ1) is 15.6. The monoisotopic (exact) mass is 318 g/mol. The molecule has 5 nitrogen and oxygen atoms in total. The molecule has 3 N–H and O–H groups in total. The quantitative estimate of drug-likeness (QED) is 0.866. The average molecular weight is 319 g/mol. The van der Waals surface area contributed by atoms with Crippen molar-refractivity contribution in [1.82, 2.24) is 4.72 Å². The minimum absolute atomic E-state index is 0.104. The second-order valence-electron chi connectivity index (χ2n) is 4.95. The minimum Gasteiger partial charge on any atom is -0.495 e. The summed E-state index contributed by atoms with van der Waals surface area (Å²) in [4.78, 5) is 0.104. The molecule has 2 rings (SSSR count). The third-order valence-corrected chi connectivity index (χ3v) is 5.45. The topological polar surface area (TPSA) is 81.4 Å². The number of hydrogen-bond acceptors (Lipinski definition) is 4. The minimum atomic E-state index is -3.64. The second kappa shape index (κ2) is 6.30. The first-order valence-electron chi connectivity index (χ1n) is 6.54. The molecule has 2 atom stereocenters. The highest BCUT2D eigenvalue weighted by molar-refractivity contribution is 7.89. The van der Waals surface area contributed by atoms with Crippen LogP contribution in [0.25, 0.3) is 0 Å². The van der Waals surface area contributed by atoms with Crippen molar-refractivity contribution in [3.05, 3.63) is 23.2 Å². The van der Waals surface area contributed by atoms with Crippen LogP contribution in [0.1, 0.15) is 19.3 Å². The number of nitrogens with one attached hydrogen (secondary N) is 1. The number of methoxy groups -OCH3 is 1. The molecule has 0 spiro atoms. The molecule has 1 aromatic rings. The molecule has 0 bridgehead atoms. The number of hydrogen-bond donors (Lipinski definition) is 2. The van der Waals surface area contributed by atoms with Crippen molar-refractivity contribution in [1.29, 1.82) is 0 Å². The molecule has 0 heterocycles. The predicted octanol–water partition coefficient (Wildman–Crippen LogP) is 1.75. The lowest BCUT2D eigenvalue weighted by Crippen LogP contribution is -2.39. The van der Waals surface area contributed by atoms with Crippen LogP contribution in [0.15, 0.2) is 23.1 Å². The van der Waals surface area contributed by atoms with Crippen molar-refractivity contribution in [2.75, 3.05) is 13.7 Å². The summed E-state index contributed by atoms with van der Waals surface area (Å²) in [5.74, 6) is 0.440. The van der Waals surface area contributed by atoms with E-state index in [1.165, 1.54) is 25.3 Å². The van der Waals surface area contributed by atoms with Crippen LogP contribution in [0.4, 0.5) is 0 Å². The molecule has 2 unspecified atom stereocenters. The molecular weight excluding hydrogens is 300 g/mol. The standard InChI is InChI=1S/C13H19ClN2O3S/c1-19-12-7-10(14)5-6-13(12)20(17,18)16-11-4-2-3-9(11)8-15/h5-7,9,11,16H,2-4,8,15H2,1H3. The van der Waals surface area contributed by atoms with E-state index in [0.29, 0.717) is 11.6 Å². The zero-order valence-electron chi connectivity index (χ0n) is 11.3. The molecule has 0 aromatic heterocycles. The van der Waals surface area contributed by atoms with E-state index >= 15 is 0 Å².